The van der Waals surface area contributed by atoms with Gasteiger partial charge in [-0.15, -0.1) is 0 Å². The average Bonchev–Trinajstić information content (AvgIpc) is 3.33. The van der Waals surface area contributed by atoms with Crippen molar-refractivity contribution >= 4 is 40.7 Å². The van der Waals surface area contributed by atoms with Crippen LogP contribution in [0.3, 0.4) is 0 Å². The van der Waals surface area contributed by atoms with Crippen molar-refractivity contribution in [3.8, 4) is 17.1 Å². The van der Waals surface area contributed by atoms with E-state index in [1.54, 1.807) is 61.5 Å². The molecule has 0 unspecified atom stereocenters. The van der Waals surface area contributed by atoms with Gasteiger partial charge >= 0.3 is 0 Å². The van der Waals surface area contributed by atoms with E-state index >= 15 is 0 Å². The summed E-state index contributed by atoms with van der Waals surface area (Å²) in [6.45, 7) is 1.71. The molecule has 0 N–H and O–H groups in total. The molecule has 2 aromatic carbocycles. The van der Waals surface area contributed by atoms with Crippen LogP contribution < -0.4 is 9.75 Å². The number of carbonyl (C=O) groups excluding carboxylic acids is 1. The number of carbonyl (C=O) groups is 1. The summed E-state index contributed by atoms with van der Waals surface area (Å²) in [5.41, 5.74) is 1.58. The summed E-state index contributed by atoms with van der Waals surface area (Å²) in [5, 5.41) is 17.5. The highest BCUT2D eigenvalue weighted by Crippen LogP contribution is 2.35. The van der Waals surface area contributed by atoms with Crippen molar-refractivity contribution in [1.29, 1.82) is 0 Å². The van der Waals surface area contributed by atoms with Crippen LogP contribution in [0.4, 0.5) is 11.4 Å². The zero-order chi connectivity index (χ0) is 22.1. The number of halogens is 1. The Hall–Kier alpha value is -3.91. The Labute approximate surface area is 182 Å². The average molecular weight is 438 g/mol. The Morgan fingerprint density at radius 1 is 1.19 bits per heavy atom. The first-order valence-electron chi connectivity index (χ1n) is 9.17. The SMILES string of the molecule is COc1ccc(-c2ccc(C=C3C(=O)N(c4cccc(Cl)c4)N=C3C)o2)c([N+](=O)[O-])c1. The first-order valence-corrected chi connectivity index (χ1v) is 9.55. The molecule has 2 heterocycles. The monoisotopic (exact) mass is 437 g/mol. The zero-order valence-electron chi connectivity index (χ0n) is 16.5. The number of hydrazone groups is 1. The van der Waals surface area contributed by atoms with Gasteiger partial charge in [-0.1, -0.05) is 17.7 Å². The van der Waals surface area contributed by atoms with Crippen LogP contribution in [0.15, 0.2) is 69.7 Å². The summed E-state index contributed by atoms with van der Waals surface area (Å²) in [7, 11) is 1.44. The Balaban J connectivity index is 1.66. The molecule has 0 saturated carbocycles. The number of nitro benzene ring substituents is 1. The number of nitrogens with zero attached hydrogens (tertiary/aromatic N) is 3. The van der Waals surface area contributed by atoms with Crippen molar-refractivity contribution < 1.29 is 18.9 Å². The molecule has 9 heteroatoms. The van der Waals surface area contributed by atoms with Gasteiger partial charge in [-0.25, -0.2) is 0 Å². The fourth-order valence-corrected chi connectivity index (χ4v) is 3.37. The van der Waals surface area contributed by atoms with Crippen molar-refractivity contribution in [2.45, 2.75) is 6.92 Å². The predicted octanol–water partition coefficient (Wildman–Crippen LogP) is 5.32. The minimum Gasteiger partial charge on any atom is -0.497 e. The number of benzene rings is 2. The van der Waals surface area contributed by atoms with E-state index in [0.717, 1.165) is 0 Å². The predicted molar refractivity (Wildman–Crippen MR) is 117 cm³/mol. The first-order chi connectivity index (χ1) is 14.9. The third-order valence-corrected chi connectivity index (χ3v) is 4.93. The molecular formula is C22H16ClN3O5. The zero-order valence-corrected chi connectivity index (χ0v) is 17.3. The number of hydrogen-bond acceptors (Lipinski definition) is 6. The van der Waals surface area contributed by atoms with Crippen LogP contribution >= 0.6 is 11.6 Å². The number of ether oxygens (including phenoxy) is 1. The number of amides is 1. The molecule has 0 atom stereocenters. The van der Waals surface area contributed by atoms with Crippen LogP contribution in [0.5, 0.6) is 5.75 Å². The third-order valence-electron chi connectivity index (χ3n) is 4.70. The van der Waals surface area contributed by atoms with Gasteiger partial charge in [-0.2, -0.15) is 10.1 Å². The highest BCUT2D eigenvalue weighted by Gasteiger charge is 2.29. The topological polar surface area (TPSA) is 98.2 Å². The quantitative estimate of drug-likeness (QED) is 0.305. The Morgan fingerprint density at radius 2 is 2.00 bits per heavy atom. The fraction of sp³-hybridized carbons (Fsp3) is 0.0909. The van der Waals surface area contributed by atoms with E-state index in [2.05, 4.69) is 5.10 Å². The molecule has 1 aliphatic rings. The van der Waals surface area contributed by atoms with Crippen molar-refractivity contribution in [2.24, 2.45) is 5.10 Å². The van der Waals surface area contributed by atoms with E-state index < -0.39 is 4.92 Å². The molecule has 0 radical (unpaired) electrons. The van der Waals surface area contributed by atoms with Crippen molar-refractivity contribution in [1.82, 2.24) is 0 Å². The molecule has 1 aromatic heterocycles. The standard InChI is InChI=1S/C22H16ClN3O5/c1-13-19(22(27)25(24-13)15-5-3-4-14(23)10-15)11-17-7-9-21(31-17)18-8-6-16(30-2)12-20(18)26(28)29/h3-12H,1-2H3. The summed E-state index contributed by atoms with van der Waals surface area (Å²) in [4.78, 5) is 23.8. The van der Waals surface area contributed by atoms with Gasteiger partial charge in [0.15, 0.2) is 0 Å². The molecule has 1 amide bonds. The highest BCUT2D eigenvalue weighted by atomic mass is 35.5. The lowest BCUT2D eigenvalue weighted by Gasteiger charge is -2.11. The van der Waals surface area contributed by atoms with E-state index in [-0.39, 0.29) is 11.6 Å². The van der Waals surface area contributed by atoms with Gasteiger partial charge in [0.2, 0.25) is 0 Å². The molecule has 0 spiro atoms. The van der Waals surface area contributed by atoms with Gasteiger partial charge in [0.05, 0.1) is 40.6 Å². The fourth-order valence-electron chi connectivity index (χ4n) is 3.18. The van der Waals surface area contributed by atoms with Crippen LogP contribution in [0.2, 0.25) is 5.02 Å². The molecule has 3 aromatic rings. The Bertz CT molecular complexity index is 1260. The van der Waals surface area contributed by atoms with Crippen molar-refractivity contribution in [3.63, 3.8) is 0 Å². The molecule has 156 valence electrons. The second-order valence-electron chi connectivity index (χ2n) is 6.68. The number of rotatable bonds is 5. The highest BCUT2D eigenvalue weighted by molar-refractivity contribution is 6.33. The first kappa shape index (κ1) is 20.4. The summed E-state index contributed by atoms with van der Waals surface area (Å²) in [5.74, 6) is 0.709. The van der Waals surface area contributed by atoms with Gasteiger partial charge < -0.3 is 9.15 Å². The Kier molecular flexibility index (Phi) is 5.31. The van der Waals surface area contributed by atoms with Crippen LogP contribution in [0.1, 0.15) is 12.7 Å². The number of furan rings is 1. The molecule has 0 fully saturated rings. The van der Waals surface area contributed by atoms with E-state index in [9.17, 15) is 14.9 Å². The molecule has 0 aliphatic carbocycles. The van der Waals surface area contributed by atoms with Crippen LogP contribution in [0, 0.1) is 10.1 Å². The minimum atomic E-state index is -0.501. The second-order valence-corrected chi connectivity index (χ2v) is 7.12. The van der Waals surface area contributed by atoms with E-state index in [1.165, 1.54) is 18.2 Å². The van der Waals surface area contributed by atoms with E-state index in [4.69, 9.17) is 20.8 Å². The summed E-state index contributed by atoms with van der Waals surface area (Å²) in [6.07, 6.45) is 1.56. The van der Waals surface area contributed by atoms with E-state index in [1.807, 2.05) is 0 Å². The van der Waals surface area contributed by atoms with E-state index in [0.29, 0.717) is 44.8 Å². The van der Waals surface area contributed by atoms with Gasteiger partial charge in [-0.05, 0) is 55.5 Å². The van der Waals surface area contributed by atoms with Crippen molar-refractivity contribution in [3.05, 3.63) is 81.1 Å². The molecule has 1 aliphatic heterocycles. The number of methoxy groups -OCH3 is 1. The maximum absolute atomic E-state index is 12.9. The third kappa shape index (κ3) is 3.93. The lowest BCUT2D eigenvalue weighted by atomic mass is 10.1. The summed E-state index contributed by atoms with van der Waals surface area (Å²) >= 11 is 6.02. The molecule has 0 saturated heterocycles. The molecule has 31 heavy (non-hydrogen) atoms. The van der Waals surface area contributed by atoms with Gasteiger partial charge in [0, 0.05) is 5.02 Å². The number of anilines is 1. The van der Waals surface area contributed by atoms with Crippen LogP contribution in [-0.2, 0) is 4.79 Å². The van der Waals surface area contributed by atoms with Gasteiger partial charge in [-0.3, -0.25) is 14.9 Å². The second kappa shape index (κ2) is 8.08. The largest absolute Gasteiger partial charge is 0.497 e. The normalized spacial score (nSPS) is 14.8. The molecular weight excluding hydrogens is 422 g/mol. The number of hydrogen-bond donors (Lipinski definition) is 0. The van der Waals surface area contributed by atoms with Crippen LogP contribution in [-0.4, -0.2) is 23.7 Å². The molecule has 8 nitrogen and oxygen atoms in total. The van der Waals surface area contributed by atoms with Crippen LogP contribution in [0.25, 0.3) is 17.4 Å². The molecule has 4 rings (SSSR count). The lowest BCUT2D eigenvalue weighted by Crippen LogP contribution is -2.21. The van der Waals surface area contributed by atoms with Crippen molar-refractivity contribution in [2.75, 3.05) is 12.1 Å². The van der Waals surface area contributed by atoms with Gasteiger partial charge in [0.1, 0.15) is 17.3 Å². The number of nitro groups is 1. The summed E-state index contributed by atoms with van der Waals surface area (Å²) < 4.78 is 10.8. The summed E-state index contributed by atoms with van der Waals surface area (Å²) in [6, 6.07) is 14.6. The lowest BCUT2D eigenvalue weighted by molar-refractivity contribution is -0.384. The smallest absolute Gasteiger partial charge is 0.284 e. The molecule has 0 bridgehead atoms. The maximum atomic E-state index is 12.9. The Morgan fingerprint density at radius 3 is 2.71 bits per heavy atom. The minimum absolute atomic E-state index is 0.144. The van der Waals surface area contributed by atoms with Gasteiger partial charge in [0.25, 0.3) is 11.6 Å². The maximum Gasteiger partial charge on any atom is 0.284 e.